The summed E-state index contributed by atoms with van der Waals surface area (Å²) in [6.45, 7) is 5.10. The summed E-state index contributed by atoms with van der Waals surface area (Å²) in [6.07, 6.45) is 6.92. The molecule has 0 bridgehead atoms. The molecule has 5 rings (SSSR count). The number of nitrogens with zero attached hydrogens (tertiary/aromatic N) is 6. The molecule has 1 saturated heterocycles. The first kappa shape index (κ1) is 18.9. The summed E-state index contributed by atoms with van der Waals surface area (Å²) in [6, 6.07) is 1.87. The van der Waals surface area contributed by atoms with Gasteiger partial charge in [0.15, 0.2) is 5.16 Å². The van der Waals surface area contributed by atoms with Gasteiger partial charge in [-0.3, -0.25) is 23.7 Å². The maximum atomic E-state index is 12.9. The minimum Gasteiger partial charge on any atom is -0.340 e. The van der Waals surface area contributed by atoms with Crippen molar-refractivity contribution in [1.82, 2.24) is 29.1 Å². The fourth-order valence-corrected chi connectivity index (χ4v) is 5.68. The van der Waals surface area contributed by atoms with Gasteiger partial charge in [0.1, 0.15) is 0 Å². The van der Waals surface area contributed by atoms with Crippen molar-refractivity contribution in [1.29, 1.82) is 0 Å². The zero-order valence-corrected chi connectivity index (χ0v) is 17.3. The minimum absolute atomic E-state index is 0.0637. The first-order valence-electron chi connectivity index (χ1n) is 10.4. The van der Waals surface area contributed by atoms with E-state index in [9.17, 15) is 9.59 Å². The molecule has 2 aromatic rings. The Bertz CT molecular complexity index is 949. The molecule has 1 atom stereocenters. The second-order valence-electron chi connectivity index (χ2n) is 8.01. The molecule has 29 heavy (non-hydrogen) atoms. The van der Waals surface area contributed by atoms with E-state index in [1.165, 1.54) is 0 Å². The predicted molar refractivity (Wildman–Crippen MR) is 110 cm³/mol. The Kier molecular flexibility index (Phi) is 5.17. The highest BCUT2D eigenvalue weighted by molar-refractivity contribution is 7.99. The highest BCUT2D eigenvalue weighted by atomic mass is 32.2. The molecule has 1 fully saturated rings. The first-order valence-corrected chi connectivity index (χ1v) is 11.4. The van der Waals surface area contributed by atoms with Gasteiger partial charge < -0.3 is 4.90 Å². The summed E-state index contributed by atoms with van der Waals surface area (Å²) in [5, 5.41) is 5.04. The molecule has 8 nitrogen and oxygen atoms in total. The third kappa shape index (κ3) is 3.73. The van der Waals surface area contributed by atoms with E-state index in [2.05, 4.69) is 10.00 Å². The Morgan fingerprint density at radius 3 is 2.83 bits per heavy atom. The van der Waals surface area contributed by atoms with Crippen LogP contribution < -0.4 is 5.56 Å². The quantitative estimate of drug-likeness (QED) is 0.674. The van der Waals surface area contributed by atoms with Crippen molar-refractivity contribution in [2.75, 3.05) is 38.5 Å². The van der Waals surface area contributed by atoms with Crippen LogP contribution in [-0.2, 0) is 24.2 Å². The molecule has 154 valence electrons. The van der Waals surface area contributed by atoms with Crippen molar-refractivity contribution in [3.8, 4) is 0 Å². The van der Waals surface area contributed by atoms with Crippen molar-refractivity contribution in [3.05, 3.63) is 40.1 Å². The number of amides is 1. The summed E-state index contributed by atoms with van der Waals surface area (Å²) in [5.41, 5.74) is 1.94. The molecule has 3 aliphatic rings. The van der Waals surface area contributed by atoms with Crippen LogP contribution in [0.4, 0.5) is 0 Å². The SMILES string of the molecule is O=C(C[C@H]1CSc2nc3c(c(=O)n21)CCC3)N1CCN(CCn2cccn2)CC1. The molecule has 0 radical (unpaired) electrons. The highest BCUT2D eigenvalue weighted by Crippen LogP contribution is 2.34. The van der Waals surface area contributed by atoms with Gasteiger partial charge >= 0.3 is 0 Å². The standard InChI is InChI=1S/C20H26N6O2S/c27-18(24-10-7-23(8-11-24)9-12-25-6-2-5-21-25)13-15-14-29-20-22-17-4-1-3-16(17)19(28)26(15)20/h2,5-6,15H,1,3-4,7-14H2/t15-/m0/s1. The molecular formula is C20H26N6O2S. The predicted octanol–water partition coefficient (Wildman–Crippen LogP) is 0.810. The van der Waals surface area contributed by atoms with Gasteiger partial charge in [0.2, 0.25) is 5.91 Å². The van der Waals surface area contributed by atoms with Gasteiger partial charge in [-0.05, 0) is 25.3 Å². The highest BCUT2D eigenvalue weighted by Gasteiger charge is 2.32. The first-order chi connectivity index (χ1) is 14.2. The molecule has 0 spiro atoms. The maximum Gasteiger partial charge on any atom is 0.257 e. The van der Waals surface area contributed by atoms with Crippen LogP contribution >= 0.6 is 11.8 Å². The fraction of sp³-hybridized carbons (Fsp3) is 0.600. The van der Waals surface area contributed by atoms with Crippen LogP contribution in [0, 0.1) is 0 Å². The number of aromatic nitrogens is 4. The van der Waals surface area contributed by atoms with E-state index in [0.29, 0.717) is 6.42 Å². The Hall–Kier alpha value is -2.13. The van der Waals surface area contributed by atoms with Crippen molar-refractivity contribution < 1.29 is 4.79 Å². The third-order valence-corrected chi connectivity index (χ3v) is 7.31. The van der Waals surface area contributed by atoms with Gasteiger partial charge in [0.05, 0.1) is 18.3 Å². The van der Waals surface area contributed by atoms with Crippen LogP contribution in [0.2, 0.25) is 0 Å². The minimum atomic E-state index is -0.0637. The summed E-state index contributed by atoms with van der Waals surface area (Å²) in [7, 11) is 0. The van der Waals surface area contributed by atoms with E-state index < -0.39 is 0 Å². The molecule has 2 aliphatic heterocycles. The summed E-state index contributed by atoms with van der Waals surface area (Å²) in [5.74, 6) is 0.920. The van der Waals surface area contributed by atoms with Gasteiger partial charge in [-0.25, -0.2) is 4.98 Å². The van der Waals surface area contributed by atoms with E-state index in [-0.39, 0.29) is 17.5 Å². The molecule has 0 aromatic carbocycles. The Balaban J connectivity index is 1.17. The zero-order chi connectivity index (χ0) is 19.8. The van der Waals surface area contributed by atoms with E-state index in [4.69, 9.17) is 4.98 Å². The maximum absolute atomic E-state index is 12.9. The lowest BCUT2D eigenvalue weighted by Gasteiger charge is -2.35. The number of aryl methyl sites for hydroxylation is 1. The van der Waals surface area contributed by atoms with Crippen LogP contribution in [0.15, 0.2) is 28.4 Å². The number of carbonyl (C=O) groups excluding carboxylic acids is 1. The van der Waals surface area contributed by atoms with E-state index in [1.54, 1.807) is 22.5 Å². The largest absolute Gasteiger partial charge is 0.340 e. The summed E-state index contributed by atoms with van der Waals surface area (Å²) < 4.78 is 3.74. The fourth-order valence-electron chi connectivity index (χ4n) is 4.53. The van der Waals surface area contributed by atoms with Gasteiger partial charge in [0.25, 0.3) is 5.56 Å². The normalized spacial score (nSPS) is 21.4. The van der Waals surface area contributed by atoms with Gasteiger partial charge in [-0.2, -0.15) is 5.10 Å². The van der Waals surface area contributed by atoms with Crippen LogP contribution in [-0.4, -0.2) is 73.5 Å². The summed E-state index contributed by atoms with van der Waals surface area (Å²) in [4.78, 5) is 34.9. The van der Waals surface area contributed by atoms with Crippen LogP contribution in [0.5, 0.6) is 0 Å². The molecule has 9 heteroatoms. The average Bonchev–Trinajstić information content (AvgIpc) is 3.48. The summed E-state index contributed by atoms with van der Waals surface area (Å²) >= 11 is 1.62. The third-order valence-electron chi connectivity index (χ3n) is 6.21. The number of rotatable bonds is 5. The van der Waals surface area contributed by atoms with E-state index in [0.717, 1.165) is 80.7 Å². The number of hydrogen-bond acceptors (Lipinski definition) is 6. The second kappa shape index (κ2) is 7.95. The van der Waals surface area contributed by atoms with Gasteiger partial charge in [0, 0.05) is 62.9 Å². The number of fused-ring (bicyclic) bond motifs is 2. The number of thioether (sulfide) groups is 1. The zero-order valence-electron chi connectivity index (χ0n) is 16.5. The van der Waals surface area contributed by atoms with Crippen LogP contribution in [0.3, 0.4) is 0 Å². The van der Waals surface area contributed by atoms with Crippen molar-refractivity contribution in [2.24, 2.45) is 0 Å². The average molecular weight is 415 g/mol. The smallest absolute Gasteiger partial charge is 0.257 e. The molecule has 0 unspecified atom stereocenters. The molecule has 4 heterocycles. The Labute approximate surface area is 173 Å². The van der Waals surface area contributed by atoms with Crippen molar-refractivity contribution in [2.45, 2.75) is 43.4 Å². The van der Waals surface area contributed by atoms with Crippen molar-refractivity contribution >= 4 is 17.7 Å². The van der Waals surface area contributed by atoms with Gasteiger partial charge in [-0.1, -0.05) is 11.8 Å². The van der Waals surface area contributed by atoms with Crippen molar-refractivity contribution in [3.63, 3.8) is 0 Å². The Morgan fingerprint density at radius 2 is 2.03 bits per heavy atom. The lowest BCUT2D eigenvalue weighted by atomic mass is 10.1. The Morgan fingerprint density at radius 1 is 1.17 bits per heavy atom. The van der Waals surface area contributed by atoms with E-state index >= 15 is 0 Å². The van der Waals surface area contributed by atoms with Crippen LogP contribution in [0.25, 0.3) is 0 Å². The lowest BCUT2D eigenvalue weighted by molar-refractivity contribution is -0.133. The molecule has 1 aliphatic carbocycles. The number of piperazine rings is 1. The monoisotopic (exact) mass is 414 g/mol. The number of carbonyl (C=O) groups is 1. The number of hydrogen-bond donors (Lipinski definition) is 0. The lowest BCUT2D eigenvalue weighted by Crippen LogP contribution is -2.49. The molecular weight excluding hydrogens is 388 g/mol. The van der Waals surface area contributed by atoms with Crippen LogP contribution in [0.1, 0.15) is 30.1 Å². The molecule has 2 aromatic heterocycles. The van der Waals surface area contributed by atoms with E-state index in [1.807, 2.05) is 21.8 Å². The molecule has 0 N–H and O–H groups in total. The topological polar surface area (TPSA) is 76.3 Å². The second-order valence-corrected chi connectivity index (χ2v) is 9.00. The molecule has 0 saturated carbocycles. The van der Waals surface area contributed by atoms with Gasteiger partial charge in [-0.15, -0.1) is 0 Å². The molecule has 1 amide bonds.